The Labute approximate surface area is 163 Å². The van der Waals surface area contributed by atoms with E-state index in [0.29, 0.717) is 5.75 Å². The lowest BCUT2D eigenvalue weighted by Gasteiger charge is -2.31. The minimum Gasteiger partial charge on any atom is -0.465 e. The van der Waals surface area contributed by atoms with Crippen molar-refractivity contribution in [3.8, 4) is 5.75 Å². The van der Waals surface area contributed by atoms with Crippen LogP contribution in [0.3, 0.4) is 0 Å². The first-order valence-corrected chi connectivity index (χ1v) is 11.2. The molecule has 7 heteroatoms. The summed E-state index contributed by atoms with van der Waals surface area (Å²) in [7, 11) is -2.10. The van der Waals surface area contributed by atoms with Crippen molar-refractivity contribution in [1.29, 1.82) is 0 Å². The Kier molecular flexibility index (Phi) is 8.52. The molecule has 0 aliphatic carbocycles. The van der Waals surface area contributed by atoms with Crippen LogP contribution < -0.4 is 9.61 Å². The van der Waals surface area contributed by atoms with Crippen LogP contribution in [0.15, 0.2) is 18.2 Å². The number of nitrogens with one attached hydrogen (secondary N) is 1. The smallest absolute Gasteiger partial charge is 0.342 e. The lowest BCUT2D eigenvalue weighted by Crippen LogP contribution is -2.47. The van der Waals surface area contributed by atoms with E-state index in [1.165, 1.54) is 7.11 Å². The minimum absolute atomic E-state index is 0.167. The molecule has 154 valence electrons. The molecule has 0 heterocycles. The molecule has 1 rings (SSSR count). The molecule has 1 unspecified atom stereocenters. The predicted octanol–water partition coefficient (Wildman–Crippen LogP) is 5.04. The monoisotopic (exact) mass is 399 g/mol. The average Bonchev–Trinajstić information content (AvgIpc) is 2.54. The van der Waals surface area contributed by atoms with E-state index in [-0.39, 0.29) is 24.8 Å². The molecule has 0 aromatic heterocycles. The molecule has 1 N–H and O–H groups in total. The van der Waals surface area contributed by atoms with E-state index in [4.69, 9.17) is 14.0 Å². The fraction of sp³-hybridized carbons (Fsp3) is 0.650. The van der Waals surface area contributed by atoms with Crippen LogP contribution in [0.2, 0.25) is 0 Å². The zero-order chi connectivity index (χ0) is 20.8. The zero-order valence-electron chi connectivity index (χ0n) is 17.8. The Morgan fingerprint density at radius 2 is 1.67 bits per heavy atom. The Hall–Kier alpha value is -1.36. The second-order valence-electron chi connectivity index (χ2n) is 7.71. The highest BCUT2D eigenvalue weighted by Crippen LogP contribution is 2.49. The van der Waals surface area contributed by atoms with Crippen molar-refractivity contribution in [1.82, 2.24) is 5.09 Å². The molecular formula is C20H34NO5P. The van der Waals surface area contributed by atoms with Gasteiger partial charge in [0.1, 0.15) is 17.6 Å². The van der Waals surface area contributed by atoms with Crippen LogP contribution in [0.1, 0.15) is 71.4 Å². The summed E-state index contributed by atoms with van der Waals surface area (Å²) in [6.45, 7) is 13.4. The van der Waals surface area contributed by atoms with Gasteiger partial charge in [-0.15, -0.1) is 0 Å². The Balaban J connectivity index is 3.34. The molecule has 0 fully saturated rings. The summed E-state index contributed by atoms with van der Waals surface area (Å²) in [5, 5.41) is 2.87. The van der Waals surface area contributed by atoms with Crippen LogP contribution in [0.25, 0.3) is 0 Å². The summed E-state index contributed by atoms with van der Waals surface area (Å²) >= 11 is 0. The third kappa shape index (κ3) is 6.34. The lowest BCUT2D eigenvalue weighted by molar-refractivity contribution is -0.149. The lowest BCUT2D eigenvalue weighted by atomic mass is 9.94. The Morgan fingerprint density at radius 3 is 2.07 bits per heavy atom. The predicted molar refractivity (Wildman–Crippen MR) is 109 cm³/mol. The molecule has 0 radical (unpaired) electrons. The van der Waals surface area contributed by atoms with Gasteiger partial charge in [-0.05, 0) is 43.7 Å². The number of para-hydroxylation sites is 1. The summed E-state index contributed by atoms with van der Waals surface area (Å²) < 4.78 is 29.9. The van der Waals surface area contributed by atoms with Gasteiger partial charge >= 0.3 is 13.5 Å². The number of methoxy groups -OCH3 is 1. The van der Waals surface area contributed by atoms with Crippen LogP contribution in [0.5, 0.6) is 5.75 Å². The van der Waals surface area contributed by atoms with Gasteiger partial charge in [0, 0.05) is 7.11 Å². The van der Waals surface area contributed by atoms with Crippen LogP contribution in [0, 0.1) is 0 Å². The first-order valence-electron chi connectivity index (χ1n) is 9.34. The highest BCUT2D eigenvalue weighted by Gasteiger charge is 2.39. The van der Waals surface area contributed by atoms with Gasteiger partial charge in [0.15, 0.2) is 0 Å². The Morgan fingerprint density at radius 1 is 1.15 bits per heavy atom. The van der Waals surface area contributed by atoms with Crippen LogP contribution >= 0.6 is 7.52 Å². The second kappa shape index (κ2) is 9.72. The maximum Gasteiger partial charge on any atom is 0.342 e. The van der Waals surface area contributed by atoms with Gasteiger partial charge in [0.2, 0.25) is 0 Å². The first kappa shape index (κ1) is 23.7. The molecule has 0 amide bonds. The van der Waals surface area contributed by atoms with E-state index in [2.05, 4.69) is 32.8 Å². The van der Waals surface area contributed by atoms with Gasteiger partial charge in [-0.2, -0.15) is 0 Å². The summed E-state index contributed by atoms with van der Waals surface area (Å²) in [6, 6.07) is 5.92. The summed E-state index contributed by atoms with van der Waals surface area (Å²) in [5.74, 6) is 0.474. The van der Waals surface area contributed by atoms with Crippen molar-refractivity contribution < 1.29 is 23.4 Å². The number of hydrogen-bond donors (Lipinski definition) is 1. The van der Waals surface area contributed by atoms with Crippen LogP contribution in [0.4, 0.5) is 0 Å². The molecule has 27 heavy (non-hydrogen) atoms. The van der Waals surface area contributed by atoms with Crippen molar-refractivity contribution in [2.24, 2.45) is 0 Å². The van der Waals surface area contributed by atoms with Crippen molar-refractivity contribution in [3.05, 3.63) is 29.3 Å². The Bertz CT molecular complexity index is 659. The molecule has 1 aromatic rings. The molecule has 0 aliphatic rings. The largest absolute Gasteiger partial charge is 0.465 e. The quantitative estimate of drug-likeness (QED) is 0.439. The summed E-state index contributed by atoms with van der Waals surface area (Å²) in [4.78, 5) is 12.2. The van der Waals surface area contributed by atoms with Gasteiger partial charge in [-0.25, -0.2) is 5.09 Å². The molecule has 0 bridgehead atoms. The topological polar surface area (TPSA) is 73.9 Å². The van der Waals surface area contributed by atoms with Crippen molar-refractivity contribution in [2.45, 2.75) is 65.8 Å². The van der Waals surface area contributed by atoms with E-state index in [0.717, 1.165) is 11.1 Å². The van der Waals surface area contributed by atoms with E-state index in [1.807, 2.05) is 18.2 Å². The van der Waals surface area contributed by atoms with Gasteiger partial charge < -0.3 is 14.0 Å². The van der Waals surface area contributed by atoms with Gasteiger partial charge in [-0.3, -0.25) is 9.36 Å². The van der Waals surface area contributed by atoms with Gasteiger partial charge in [-0.1, -0.05) is 45.9 Å². The third-order valence-corrected chi connectivity index (χ3v) is 6.07. The molecule has 6 nitrogen and oxygen atoms in total. The number of benzene rings is 1. The first-order chi connectivity index (χ1) is 12.5. The molecule has 0 aliphatic heterocycles. The van der Waals surface area contributed by atoms with Crippen molar-refractivity contribution in [2.75, 3.05) is 20.1 Å². The van der Waals surface area contributed by atoms with Crippen LogP contribution in [-0.2, 0) is 18.8 Å². The molecule has 1 atom stereocenters. The number of esters is 1. The number of hydrogen-bond acceptors (Lipinski definition) is 5. The van der Waals surface area contributed by atoms with E-state index >= 15 is 0 Å². The second-order valence-corrected chi connectivity index (χ2v) is 9.73. The maximum absolute atomic E-state index is 13.6. The molecule has 0 saturated heterocycles. The third-order valence-electron chi connectivity index (χ3n) is 4.09. The fourth-order valence-corrected chi connectivity index (χ4v) is 4.72. The number of rotatable bonds is 10. The SMILES string of the molecule is CCOC(=O)C(C)(C)NP(=O)(COC)Oc1c(C(C)C)cccc1C(C)C. The summed E-state index contributed by atoms with van der Waals surface area (Å²) in [6.07, 6.45) is -0.167. The number of ether oxygens (including phenoxy) is 2. The van der Waals surface area contributed by atoms with Gasteiger partial charge in [0.25, 0.3) is 0 Å². The molecule has 0 spiro atoms. The van der Waals surface area contributed by atoms with Crippen molar-refractivity contribution >= 4 is 13.5 Å². The highest BCUT2D eigenvalue weighted by molar-refractivity contribution is 7.57. The number of carbonyl (C=O) groups is 1. The maximum atomic E-state index is 13.6. The normalized spacial score (nSPS) is 14.3. The minimum atomic E-state index is -3.55. The van der Waals surface area contributed by atoms with Gasteiger partial charge in [0.05, 0.1) is 6.61 Å². The number of carbonyl (C=O) groups excluding carboxylic acids is 1. The summed E-state index contributed by atoms with van der Waals surface area (Å²) in [5.41, 5.74) is 0.746. The van der Waals surface area contributed by atoms with E-state index in [9.17, 15) is 9.36 Å². The van der Waals surface area contributed by atoms with E-state index < -0.39 is 19.0 Å². The molecule has 0 saturated carbocycles. The van der Waals surface area contributed by atoms with Crippen LogP contribution in [-0.4, -0.2) is 31.6 Å². The molecular weight excluding hydrogens is 365 g/mol. The average molecular weight is 399 g/mol. The van der Waals surface area contributed by atoms with Crippen molar-refractivity contribution in [3.63, 3.8) is 0 Å². The van der Waals surface area contributed by atoms with E-state index in [1.54, 1.807) is 20.8 Å². The fourth-order valence-electron chi connectivity index (χ4n) is 2.77. The standard InChI is InChI=1S/C20H34NO5P/c1-9-25-19(22)20(6,7)21-27(23,13-24-8)26-18-16(14(2)3)11-10-12-17(18)15(4)5/h10-12,14-15H,9,13H2,1-8H3,(H,21,23). The zero-order valence-corrected chi connectivity index (χ0v) is 18.7. The molecule has 1 aromatic carbocycles. The highest BCUT2D eigenvalue weighted by atomic mass is 31.2.